The standard InChI is InChI=1S/C12H20N2O2/c1-4-6-14(7-5-2)12(15)11-8-10(16-3)9-13-11/h4-5,10-11,13H,1-2,6-9H2,3H3. The number of nitrogens with zero attached hydrogens (tertiary/aromatic N) is 1. The minimum Gasteiger partial charge on any atom is -0.380 e. The Morgan fingerprint density at radius 3 is 2.56 bits per heavy atom. The summed E-state index contributed by atoms with van der Waals surface area (Å²) >= 11 is 0. The Hall–Kier alpha value is -1.13. The van der Waals surface area contributed by atoms with Crippen LogP contribution in [0.4, 0.5) is 0 Å². The van der Waals surface area contributed by atoms with Crippen LogP contribution in [0.2, 0.25) is 0 Å². The van der Waals surface area contributed by atoms with E-state index in [1.165, 1.54) is 0 Å². The topological polar surface area (TPSA) is 41.6 Å². The second-order valence-corrected chi connectivity index (χ2v) is 3.87. The summed E-state index contributed by atoms with van der Waals surface area (Å²) in [6, 6.07) is -0.134. The summed E-state index contributed by atoms with van der Waals surface area (Å²) < 4.78 is 5.22. The van der Waals surface area contributed by atoms with Gasteiger partial charge in [-0.15, -0.1) is 13.2 Å². The molecule has 4 heteroatoms. The van der Waals surface area contributed by atoms with Crippen LogP contribution in [0.15, 0.2) is 25.3 Å². The lowest BCUT2D eigenvalue weighted by Crippen LogP contribution is -2.43. The average molecular weight is 224 g/mol. The molecule has 1 amide bonds. The number of carbonyl (C=O) groups is 1. The molecule has 0 aliphatic carbocycles. The van der Waals surface area contributed by atoms with Crippen LogP contribution in [0.3, 0.4) is 0 Å². The third-order valence-electron chi connectivity index (χ3n) is 2.73. The molecule has 0 aromatic heterocycles. The minimum absolute atomic E-state index is 0.0966. The van der Waals surface area contributed by atoms with Gasteiger partial charge < -0.3 is 15.0 Å². The Labute approximate surface area is 97.0 Å². The van der Waals surface area contributed by atoms with Crippen LogP contribution in [0, 0.1) is 0 Å². The van der Waals surface area contributed by atoms with Gasteiger partial charge in [-0.05, 0) is 6.42 Å². The molecule has 1 fully saturated rings. The van der Waals surface area contributed by atoms with Gasteiger partial charge in [0.2, 0.25) is 5.91 Å². The third-order valence-corrected chi connectivity index (χ3v) is 2.73. The lowest BCUT2D eigenvalue weighted by molar-refractivity contribution is -0.132. The second kappa shape index (κ2) is 6.45. The molecule has 0 spiro atoms. The molecule has 1 saturated heterocycles. The van der Waals surface area contributed by atoms with Crippen LogP contribution in [0.25, 0.3) is 0 Å². The van der Waals surface area contributed by atoms with E-state index in [0.29, 0.717) is 13.1 Å². The number of carbonyl (C=O) groups excluding carboxylic acids is 1. The van der Waals surface area contributed by atoms with Gasteiger partial charge in [0.25, 0.3) is 0 Å². The van der Waals surface area contributed by atoms with E-state index in [1.807, 2.05) is 0 Å². The van der Waals surface area contributed by atoms with Gasteiger partial charge in [0.15, 0.2) is 0 Å². The zero-order valence-electron chi connectivity index (χ0n) is 9.82. The monoisotopic (exact) mass is 224 g/mol. The van der Waals surface area contributed by atoms with Crippen LogP contribution in [0.1, 0.15) is 6.42 Å². The lowest BCUT2D eigenvalue weighted by atomic mass is 10.1. The van der Waals surface area contributed by atoms with Crippen molar-refractivity contribution in [1.29, 1.82) is 0 Å². The number of hydrogen-bond donors (Lipinski definition) is 1. The summed E-state index contributed by atoms with van der Waals surface area (Å²) in [5.41, 5.74) is 0. The Balaban J connectivity index is 2.53. The van der Waals surface area contributed by atoms with Gasteiger partial charge in [-0.25, -0.2) is 0 Å². The number of rotatable bonds is 6. The van der Waals surface area contributed by atoms with Gasteiger partial charge >= 0.3 is 0 Å². The summed E-state index contributed by atoms with van der Waals surface area (Å²) in [7, 11) is 1.67. The van der Waals surface area contributed by atoms with Crippen LogP contribution >= 0.6 is 0 Å². The van der Waals surface area contributed by atoms with Crippen LogP contribution in [0.5, 0.6) is 0 Å². The highest BCUT2D eigenvalue weighted by Gasteiger charge is 2.31. The van der Waals surface area contributed by atoms with Crippen LogP contribution in [-0.4, -0.2) is 49.7 Å². The molecule has 0 aromatic rings. The van der Waals surface area contributed by atoms with Crippen molar-refractivity contribution in [1.82, 2.24) is 10.2 Å². The Morgan fingerprint density at radius 1 is 1.50 bits per heavy atom. The van der Waals surface area contributed by atoms with Crippen LogP contribution < -0.4 is 5.32 Å². The SMILES string of the molecule is C=CCN(CC=C)C(=O)C1CC(OC)CN1. The van der Waals surface area contributed by atoms with E-state index in [4.69, 9.17) is 4.74 Å². The van der Waals surface area contributed by atoms with Gasteiger partial charge in [-0.3, -0.25) is 4.79 Å². The molecule has 0 aromatic carbocycles. The first-order valence-electron chi connectivity index (χ1n) is 5.49. The van der Waals surface area contributed by atoms with E-state index in [2.05, 4.69) is 18.5 Å². The van der Waals surface area contributed by atoms with Crippen molar-refractivity contribution < 1.29 is 9.53 Å². The summed E-state index contributed by atoms with van der Waals surface area (Å²) in [6.45, 7) is 9.15. The molecule has 2 atom stereocenters. The molecule has 90 valence electrons. The number of ether oxygens (including phenoxy) is 1. The average Bonchev–Trinajstić information content (AvgIpc) is 2.76. The van der Waals surface area contributed by atoms with Gasteiger partial charge in [-0.2, -0.15) is 0 Å². The summed E-state index contributed by atoms with van der Waals surface area (Å²) in [4.78, 5) is 13.8. The van der Waals surface area contributed by atoms with Crippen molar-refractivity contribution in [2.45, 2.75) is 18.6 Å². The smallest absolute Gasteiger partial charge is 0.240 e. The van der Waals surface area contributed by atoms with E-state index in [9.17, 15) is 4.79 Å². The number of methoxy groups -OCH3 is 1. The fraction of sp³-hybridized carbons (Fsp3) is 0.583. The highest BCUT2D eigenvalue weighted by atomic mass is 16.5. The van der Waals surface area contributed by atoms with Gasteiger partial charge in [0.05, 0.1) is 12.1 Å². The number of nitrogens with one attached hydrogen (secondary N) is 1. The molecule has 0 saturated carbocycles. The molecule has 1 N–H and O–H groups in total. The predicted octanol–water partition coefficient (Wildman–Crippen LogP) is 0.564. The van der Waals surface area contributed by atoms with Crippen molar-refractivity contribution in [2.75, 3.05) is 26.7 Å². The maximum absolute atomic E-state index is 12.1. The molecule has 0 bridgehead atoms. The largest absolute Gasteiger partial charge is 0.380 e. The van der Waals surface area contributed by atoms with E-state index in [1.54, 1.807) is 24.2 Å². The van der Waals surface area contributed by atoms with Crippen molar-refractivity contribution in [2.24, 2.45) is 0 Å². The minimum atomic E-state index is -0.134. The first-order valence-corrected chi connectivity index (χ1v) is 5.49. The maximum Gasteiger partial charge on any atom is 0.240 e. The summed E-state index contributed by atoms with van der Waals surface area (Å²) in [5.74, 6) is 0.0966. The van der Waals surface area contributed by atoms with E-state index < -0.39 is 0 Å². The van der Waals surface area contributed by atoms with Gasteiger partial charge in [0, 0.05) is 26.7 Å². The lowest BCUT2D eigenvalue weighted by Gasteiger charge is -2.23. The van der Waals surface area contributed by atoms with Crippen molar-refractivity contribution in [3.8, 4) is 0 Å². The Kier molecular flexibility index (Phi) is 5.22. The normalized spacial score (nSPS) is 24.1. The van der Waals surface area contributed by atoms with Crippen molar-refractivity contribution in [3.63, 3.8) is 0 Å². The second-order valence-electron chi connectivity index (χ2n) is 3.87. The Bertz CT molecular complexity index is 256. The quantitative estimate of drug-likeness (QED) is 0.670. The third kappa shape index (κ3) is 3.18. The molecule has 1 rings (SSSR count). The van der Waals surface area contributed by atoms with E-state index in [-0.39, 0.29) is 18.1 Å². The maximum atomic E-state index is 12.1. The zero-order valence-corrected chi connectivity index (χ0v) is 9.82. The van der Waals surface area contributed by atoms with Crippen molar-refractivity contribution >= 4 is 5.91 Å². The van der Waals surface area contributed by atoms with Gasteiger partial charge in [-0.1, -0.05) is 12.2 Å². The highest BCUT2D eigenvalue weighted by Crippen LogP contribution is 2.12. The highest BCUT2D eigenvalue weighted by molar-refractivity contribution is 5.82. The molecule has 2 unspecified atom stereocenters. The Morgan fingerprint density at radius 2 is 2.12 bits per heavy atom. The molecule has 1 aliphatic heterocycles. The molecule has 4 nitrogen and oxygen atoms in total. The van der Waals surface area contributed by atoms with E-state index >= 15 is 0 Å². The molecular formula is C12H20N2O2. The predicted molar refractivity (Wildman–Crippen MR) is 64.2 cm³/mol. The first kappa shape index (κ1) is 12.9. The fourth-order valence-electron chi connectivity index (χ4n) is 1.86. The molecule has 0 radical (unpaired) electrons. The summed E-state index contributed by atoms with van der Waals surface area (Å²) in [6.07, 6.45) is 4.33. The van der Waals surface area contributed by atoms with Crippen LogP contribution in [-0.2, 0) is 9.53 Å². The van der Waals surface area contributed by atoms with Gasteiger partial charge in [0.1, 0.15) is 0 Å². The fourth-order valence-corrected chi connectivity index (χ4v) is 1.86. The summed E-state index contributed by atoms with van der Waals surface area (Å²) in [5, 5.41) is 3.17. The molecule has 16 heavy (non-hydrogen) atoms. The number of amides is 1. The number of hydrogen-bond acceptors (Lipinski definition) is 3. The van der Waals surface area contributed by atoms with E-state index in [0.717, 1.165) is 13.0 Å². The molecule has 1 heterocycles. The zero-order chi connectivity index (χ0) is 12.0. The molecular weight excluding hydrogens is 204 g/mol. The van der Waals surface area contributed by atoms with Crippen molar-refractivity contribution in [3.05, 3.63) is 25.3 Å². The molecule has 1 aliphatic rings. The first-order chi connectivity index (χ1) is 7.72.